The second kappa shape index (κ2) is 5.03. The average molecular weight is 291 g/mol. The Bertz CT molecular complexity index is 517. The molecule has 0 fully saturated rings. The van der Waals surface area contributed by atoms with Gasteiger partial charge in [-0.15, -0.1) is 0 Å². The summed E-state index contributed by atoms with van der Waals surface area (Å²) in [5.41, 5.74) is 4.23. The Morgan fingerprint density at radius 3 is 2.24 bits per heavy atom. The fourth-order valence-corrected chi connectivity index (χ4v) is 2.22. The van der Waals surface area contributed by atoms with Crippen LogP contribution in [0.3, 0.4) is 0 Å². The van der Waals surface area contributed by atoms with Crippen LogP contribution in [0.15, 0.2) is 46.9 Å². The summed E-state index contributed by atoms with van der Waals surface area (Å²) in [5.74, 6) is 0. The van der Waals surface area contributed by atoms with Gasteiger partial charge in [-0.25, -0.2) is 0 Å². The second-order valence-corrected chi connectivity index (χ2v) is 5.23. The first-order valence-electron chi connectivity index (χ1n) is 5.58. The van der Waals surface area contributed by atoms with E-state index < -0.39 is 6.10 Å². The van der Waals surface area contributed by atoms with E-state index in [1.54, 1.807) is 0 Å². The number of halogens is 1. The molecule has 88 valence electrons. The third-order valence-corrected chi connectivity index (χ3v) is 3.43. The van der Waals surface area contributed by atoms with E-state index >= 15 is 0 Å². The normalized spacial score (nSPS) is 12.5. The smallest absolute Gasteiger partial charge is 0.104 e. The van der Waals surface area contributed by atoms with Crippen LogP contribution in [-0.2, 0) is 0 Å². The number of aliphatic hydroxyl groups is 1. The molecular weight excluding hydrogens is 276 g/mol. The maximum absolute atomic E-state index is 10.3. The molecule has 0 aliphatic rings. The van der Waals surface area contributed by atoms with Crippen molar-refractivity contribution in [1.29, 1.82) is 0 Å². The van der Waals surface area contributed by atoms with Crippen LogP contribution in [0.1, 0.15) is 28.4 Å². The highest BCUT2D eigenvalue weighted by atomic mass is 79.9. The van der Waals surface area contributed by atoms with Crippen LogP contribution < -0.4 is 0 Å². The molecule has 2 heteroatoms. The Kier molecular flexibility index (Phi) is 3.65. The van der Waals surface area contributed by atoms with Crippen LogP contribution in [0.2, 0.25) is 0 Å². The van der Waals surface area contributed by atoms with E-state index in [1.807, 2.05) is 43.3 Å². The molecule has 0 bridgehead atoms. The first-order chi connectivity index (χ1) is 8.08. The lowest BCUT2D eigenvalue weighted by atomic mass is 9.96. The molecule has 0 aromatic heterocycles. The Hall–Kier alpha value is -1.12. The van der Waals surface area contributed by atoms with Crippen molar-refractivity contribution in [2.45, 2.75) is 20.0 Å². The van der Waals surface area contributed by atoms with Crippen LogP contribution in [0, 0.1) is 13.8 Å². The molecule has 0 aliphatic heterocycles. The van der Waals surface area contributed by atoms with Gasteiger partial charge < -0.3 is 5.11 Å². The number of aryl methyl sites for hydroxylation is 2. The van der Waals surface area contributed by atoms with Gasteiger partial charge in [-0.05, 0) is 42.7 Å². The molecule has 2 rings (SSSR count). The van der Waals surface area contributed by atoms with Gasteiger partial charge in [0.2, 0.25) is 0 Å². The van der Waals surface area contributed by atoms with Gasteiger partial charge in [-0.2, -0.15) is 0 Å². The van der Waals surface area contributed by atoms with Crippen molar-refractivity contribution in [3.05, 3.63) is 69.2 Å². The van der Waals surface area contributed by atoms with Gasteiger partial charge in [0.15, 0.2) is 0 Å². The molecule has 0 saturated heterocycles. The van der Waals surface area contributed by atoms with Crippen molar-refractivity contribution in [2.24, 2.45) is 0 Å². The van der Waals surface area contributed by atoms with E-state index in [9.17, 15) is 5.11 Å². The number of benzene rings is 2. The van der Waals surface area contributed by atoms with Crippen molar-refractivity contribution in [3.63, 3.8) is 0 Å². The van der Waals surface area contributed by atoms with Crippen molar-refractivity contribution in [3.8, 4) is 0 Å². The Morgan fingerprint density at radius 1 is 1.00 bits per heavy atom. The molecular formula is C15H15BrO. The quantitative estimate of drug-likeness (QED) is 0.881. The maximum Gasteiger partial charge on any atom is 0.104 e. The maximum atomic E-state index is 10.3. The number of hydrogen-bond acceptors (Lipinski definition) is 1. The molecule has 0 spiro atoms. The lowest BCUT2D eigenvalue weighted by molar-refractivity contribution is 0.219. The first-order valence-corrected chi connectivity index (χ1v) is 6.38. The minimum Gasteiger partial charge on any atom is -0.384 e. The summed E-state index contributed by atoms with van der Waals surface area (Å²) >= 11 is 3.39. The number of aliphatic hydroxyl groups excluding tert-OH is 1. The SMILES string of the molecule is Cc1ccc(C(O)c2ccc(Br)cc2)c(C)c1. The lowest BCUT2D eigenvalue weighted by Crippen LogP contribution is -2.02. The molecule has 1 N–H and O–H groups in total. The van der Waals surface area contributed by atoms with Crippen molar-refractivity contribution < 1.29 is 5.11 Å². The van der Waals surface area contributed by atoms with E-state index in [0.29, 0.717) is 0 Å². The predicted octanol–water partition coefficient (Wildman–Crippen LogP) is 4.15. The summed E-state index contributed by atoms with van der Waals surface area (Å²) < 4.78 is 1.02. The van der Waals surface area contributed by atoms with E-state index in [2.05, 4.69) is 28.9 Å². The van der Waals surface area contributed by atoms with E-state index in [1.165, 1.54) is 5.56 Å². The van der Waals surface area contributed by atoms with Gasteiger partial charge >= 0.3 is 0 Å². The van der Waals surface area contributed by atoms with Crippen LogP contribution in [0.4, 0.5) is 0 Å². The van der Waals surface area contributed by atoms with E-state index in [0.717, 1.165) is 21.2 Å². The fourth-order valence-electron chi connectivity index (χ4n) is 1.96. The predicted molar refractivity (Wildman–Crippen MR) is 74.1 cm³/mol. The molecule has 0 amide bonds. The van der Waals surface area contributed by atoms with Crippen LogP contribution in [0.25, 0.3) is 0 Å². The van der Waals surface area contributed by atoms with E-state index in [-0.39, 0.29) is 0 Å². The van der Waals surface area contributed by atoms with Crippen molar-refractivity contribution >= 4 is 15.9 Å². The molecule has 1 unspecified atom stereocenters. The van der Waals surface area contributed by atoms with Gasteiger partial charge in [-0.3, -0.25) is 0 Å². The summed E-state index contributed by atoms with van der Waals surface area (Å²) in [6, 6.07) is 13.9. The minimum atomic E-state index is -0.552. The minimum absolute atomic E-state index is 0.552. The molecule has 0 heterocycles. The monoisotopic (exact) mass is 290 g/mol. The van der Waals surface area contributed by atoms with Crippen LogP contribution in [0.5, 0.6) is 0 Å². The largest absolute Gasteiger partial charge is 0.384 e. The third kappa shape index (κ3) is 2.76. The molecule has 17 heavy (non-hydrogen) atoms. The zero-order valence-electron chi connectivity index (χ0n) is 9.94. The van der Waals surface area contributed by atoms with Crippen molar-refractivity contribution in [2.75, 3.05) is 0 Å². The Morgan fingerprint density at radius 2 is 1.65 bits per heavy atom. The van der Waals surface area contributed by atoms with Gasteiger partial charge in [0.05, 0.1) is 0 Å². The van der Waals surface area contributed by atoms with E-state index in [4.69, 9.17) is 0 Å². The van der Waals surface area contributed by atoms with Gasteiger partial charge in [0.25, 0.3) is 0 Å². The second-order valence-electron chi connectivity index (χ2n) is 4.31. The zero-order chi connectivity index (χ0) is 12.4. The van der Waals surface area contributed by atoms with Crippen molar-refractivity contribution in [1.82, 2.24) is 0 Å². The van der Waals surface area contributed by atoms with Crippen LogP contribution >= 0.6 is 15.9 Å². The summed E-state index contributed by atoms with van der Waals surface area (Å²) in [6.07, 6.45) is -0.552. The molecule has 1 atom stereocenters. The highest BCUT2D eigenvalue weighted by Gasteiger charge is 2.12. The summed E-state index contributed by atoms with van der Waals surface area (Å²) in [6.45, 7) is 4.09. The Balaban J connectivity index is 2.36. The third-order valence-electron chi connectivity index (χ3n) is 2.91. The summed E-state index contributed by atoms with van der Waals surface area (Å²) in [5, 5.41) is 10.3. The standard InChI is InChI=1S/C15H15BrO/c1-10-3-8-14(11(2)9-10)15(17)12-4-6-13(16)7-5-12/h3-9,15,17H,1-2H3. The first kappa shape index (κ1) is 12.3. The lowest BCUT2D eigenvalue weighted by Gasteiger charge is -2.14. The molecule has 1 nitrogen and oxygen atoms in total. The topological polar surface area (TPSA) is 20.2 Å². The number of rotatable bonds is 2. The molecule has 0 aliphatic carbocycles. The van der Waals surface area contributed by atoms with Gasteiger partial charge in [0.1, 0.15) is 6.10 Å². The zero-order valence-corrected chi connectivity index (χ0v) is 11.5. The van der Waals surface area contributed by atoms with Gasteiger partial charge in [-0.1, -0.05) is 51.8 Å². The molecule has 2 aromatic carbocycles. The van der Waals surface area contributed by atoms with Crippen LogP contribution in [-0.4, -0.2) is 5.11 Å². The molecule has 0 saturated carbocycles. The summed E-state index contributed by atoms with van der Waals surface area (Å²) in [7, 11) is 0. The molecule has 2 aromatic rings. The Labute approximate surface area is 110 Å². The highest BCUT2D eigenvalue weighted by molar-refractivity contribution is 9.10. The van der Waals surface area contributed by atoms with Gasteiger partial charge in [0, 0.05) is 4.47 Å². The summed E-state index contributed by atoms with van der Waals surface area (Å²) in [4.78, 5) is 0. The fraction of sp³-hybridized carbons (Fsp3) is 0.200. The number of hydrogen-bond donors (Lipinski definition) is 1. The highest BCUT2D eigenvalue weighted by Crippen LogP contribution is 2.26. The molecule has 0 radical (unpaired) electrons. The average Bonchev–Trinajstić information content (AvgIpc) is 2.29.